The number of fused-ring (bicyclic) bond motifs is 1. The van der Waals surface area contributed by atoms with Gasteiger partial charge in [-0.3, -0.25) is 18.7 Å². The first-order valence-corrected chi connectivity index (χ1v) is 8.86. The highest BCUT2D eigenvalue weighted by Gasteiger charge is 2.17. The number of hydrogen-bond acceptors (Lipinski definition) is 5. The second-order valence-corrected chi connectivity index (χ2v) is 6.50. The summed E-state index contributed by atoms with van der Waals surface area (Å²) < 4.78 is 6.46. The van der Waals surface area contributed by atoms with Crippen LogP contribution < -0.4 is 16.6 Å². The fraction of sp³-hybridized carbons (Fsp3) is 0.250. The molecule has 1 aromatic carbocycles. The zero-order valence-electron chi connectivity index (χ0n) is 13.4. The summed E-state index contributed by atoms with van der Waals surface area (Å²) in [5.41, 5.74) is 0.171. The number of nitrogens with zero attached hydrogens (tertiary/aromatic N) is 3. The van der Waals surface area contributed by atoms with Gasteiger partial charge in [-0.05, 0) is 36.2 Å². The molecule has 9 heteroatoms. The molecule has 0 aliphatic carbocycles. The third-order valence-corrected chi connectivity index (χ3v) is 4.46. The third-order valence-electron chi connectivity index (χ3n) is 3.61. The van der Waals surface area contributed by atoms with Crippen LogP contribution in [0.1, 0.15) is 13.3 Å². The second kappa shape index (κ2) is 7.20. The van der Waals surface area contributed by atoms with E-state index >= 15 is 0 Å². The highest BCUT2D eigenvalue weighted by molar-refractivity contribution is 7.04. The van der Waals surface area contributed by atoms with Crippen molar-refractivity contribution >= 4 is 45.8 Å². The number of anilines is 1. The Balaban J connectivity index is 1.98. The lowest BCUT2D eigenvalue weighted by Crippen LogP contribution is -2.41. The van der Waals surface area contributed by atoms with Crippen LogP contribution in [0, 0.1) is 0 Å². The molecular formula is C16H15ClN4O3S. The molecule has 1 amide bonds. The van der Waals surface area contributed by atoms with Crippen LogP contribution in [0.25, 0.3) is 11.0 Å². The summed E-state index contributed by atoms with van der Waals surface area (Å²) in [5.74, 6) is -0.390. The smallest absolute Gasteiger partial charge is 0.324 e. The molecule has 25 heavy (non-hydrogen) atoms. The van der Waals surface area contributed by atoms with Crippen molar-refractivity contribution < 1.29 is 4.79 Å². The lowest BCUT2D eigenvalue weighted by Gasteiger charge is -2.11. The normalized spacial score (nSPS) is 11.0. The Hall–Kier alpha value is -2.45. The van der Waals surface area contributed by atoms with Crippen LogP contribution in [-0.2, 0) is 17.9 Å². The van der Waals surface area contributed by atoms with Crippen LogP contribution in [0.15, 0.2) is 39.2 Å². The number of nitrogens with one attached hydrogen (secondary N) is 1. The van der Waals surface area contributed by atoms with Gasteiger partial charge < -0.3 is 5.32 Å². The largest absolute Gasteiger partial charge is 0.332 e. The number of hydrogen-bond donors (Lipinski definition) is 1. The molecule has 0 fully saturated rings. The first-order valence-electron chi connectivity index (χ1n) is 7.64. The number of carbonyl (C=O) groups is 1. The molecule has 130 valence electrons. The van der Waals surface area contributed by atoms with Crippen LogP contribution in [0.4, 0.5) is 5.69 Å². The zero-order valence-corrected chi connectivity index (χ0v) is 14.9. The van der Waals surface area contributed by atoms with Crippen molar-refractivity contribution in [3.05, 3.63) is 55.5 Å². The fourth-order valence-electron chi connectivity index (χ4n) is 2.52. The van der Waals surface area contributed by atoms with E-state index in [0.29, 0.717) is 22.6 Å². The first-order chi connectivity index (χ1) is 12.0. The van der Waals surface area contributed by atoms with Gasteiger partial charge in [-0.2, -0.15) is 4.37 Å². The number of amides is 1. The summed E-state index contributed by atoms with van der Waals surface area (Å²) in [6.45, 7) is 1.93. The summed E-state index contributed by atoms with van der Waals surface area (Å²) in [5, 5.41) is 4.79. The Morgan fingerprint density at radius 2 is 2.12 bits per heavy atom. The monoisotopic (exact) mass is 378 g/mol. The number of rotatable bonds is 5. The summed E-state index contributed by atoms with van der Waals surface area (Å²) in [6.07, 6.45) is 0.625. The van der Waals surface area contributed by atoms with E-state index in [0.717, 1.165) is 16.1 Å². The molecule has 0 saturated carbocycles. The van der Waals surface area contributed by atoms with Gasteiger partial charge in [-0.25, -0.2) is 4.79 Å². The maximum atomic E-state index is 12.6. The molecule has 0 radical (unpaired) electrons. The predicted molar refractivity (Wildman–Crippen MR) is 98.5 cm³/mol. The Kier molecular flexibility index (Phi) is 5.00. The van der Waals surface area contributed by atoms with Gasteiger partial charge in [0.15, 0.2) is 5.52 Å². The van der Waals surface area contributed by atoms with Crippen molar-refractivity contribution in [3.63, 3.8) is 0 Å². The molecule has 0 bridgehead atoms. The lowest BCUT2D eigenvalue weighted by atomic mass is 10.3. The molecule has 0 saturated heterocycles. The van der Waals surface area contributed by atoms with Gasteiger partial charge >= 0.3 is 5.69 Å². The Labute approximate surface area is 151 Å². The molecule has 1 N–H and O–H groups in total. The van der Waals surface area contributed by atoms with Crippen LogP contribution >= 0.6 is 23.1 Å². The Morgan fingerprint density at radius 1 is 1.32 bits per heavy atom. The van der Waals surface area contributed by atoms with Gasteiger partial charge in [0.25, 0.3) is 5.56 Å². The molecule has 3 aromatic rings. The van der Waals surface area contributed by atoms with Gasteiger partial charge in [-0.1, -0.05) is 24.6 Å². The molecule has 7 nitrogen and oxygen atoms in total. The van der Waals surface area contributed by atoms with Crippen LogP contribution in [0.2, 0.25) is 5.02 Å². The van der Waals surface area contributed by atoms with Crippen molar-refractivity contribution in [3.8, 4) is 0 Å². The minimum atomic E-state index is -0.513. The molecule has 0 aliphatic rings. The van der Waals surface area contributed by atoms with Crippen molar-refractivity contribution in [1.82, 2.24) is 13.5 Å². The average Bonchev–Trinajstić information content (AvgIpc) is 3.05. The standard InChI is InChI=1S/C16H15ClN4O3S/c1-2-6-20-15(23)14-12(9-25-19-14)21(16(20)24)8-13(22)18-11-5-3-4-10(17)7-11/h3-5,7,9H,2,6,8H2,1H3,(H,18,22). The average molecular weight is 379 g/mol. The Bertz CT molecular complexity index is 1050. The first kappa shape index (κ1) is 17.4. The van der Waals surface area contributed by atoms with E-state index in [1.165, 1.54) is 4.57 Å². The zero-order chi connectivity index (χ0) is 18.0. The molecule has 0 atom stereocenters. The summed E-state index contributed by atoms with van der Waals surface area (Å²) >= 11 is 6.98. The molecule has 2 heterocycles. The molecule has 2 aromatic heterocycles. The van der Waals surface area contributed by atoms with Crippen molar-refractivity contribution in [2.45, 2.75) is 26.4 Å². The van der Waals surface area contributed by atoms with Crippen molar-refractivity contribution in [2.75, 3.05) is 5.32 Å². The van der Waals surface area contributed by atoms with E-state index in [2.05, 4.69) is 9.69 Å². The van der Waals surface area contributed by atoms with E-state index < -0.39 is 17.2 Å². The SMILES string of the molecule is CCCn1c(=O)c2nscc2n(CC(=O)Nc2cccc(Cl)c2)c1=O. The molecule has 0 unspecified atom stereocenters. The van der Waals surface area contributed by atoms with Gasteiger partial charge in [-0.15, -0.1) is 0 Å². The highest BCUT2D eigenvalue weighted by Crippen LogP contribution is 2.15. The van der Waals surface area contributed by atoms with Crippen LogP contribution in [0.5, 0.6) is 0 Å². The Morgan fingerprint density at radius 3 is 2.84 bits per heavy atom. The summed E-state index contributed by atoms with van der Waals surface area (Å²) in [6, 6.07) is 6.73. The van der Waals surface area contributed by atoms with E-state index in [1.54, 1.807) is 29.6 Å². The number of aromatic nitrogens is 3. The highest BCUT2D eigenvalue weighted by atomic mass is 35.5. The van der Waals surface area contributed by atoms with E-state index in [4.69, 9.17) is 11.6 Å². The third kappa shape index (κ3) is 3.49. The second-order valence-electron chi connectivity index (χ2n) is 5.43. The van der Waals surface area contributed by atoms with Crippen molar-refractivity contribution in [1.29, 1.82) is 0 Å². The molecular weight excluding hydrogens is 364 g/mol. The van der Waals surface area contributed by atoms with Crippen molar-refractivity contribution in [2.24, 2.45) is 0 Å². The van der Waals surface area contributed by atoms with Gasteiger partial charge in [0.05, 0.1) is 5.52 Å². The van der Waals surface area contributed by atoms with E-state index in [9.17, 15) is 14.4 Å². The number of benzene rings is 1. The van der Waals surface area contributed by atoms with Gasteiger partial charge in [0.2, 0.25) is 5.91 Å². The van der Waals surface area contributed by atoms with Gasteiger partial charge in [0.1, 0.15) is 6.54 Å². The number of carbonyl (C=O) groups excluding carboxylic acids is 1. The molecule has 0 aliphatic heterocycles. The molecule has 3 rings (SSSR count). The lowest BCUT2D eigenvalue weighted by molar-refractivity contribution is -0.116. The minimum absolute atomic E-state index is 0.202. The fourth-order valence-corrected chi connectivity index (χ4v) is 3.38. The quantitative estimate of drug-likeness (QED) is 0.738. The van der Waals surface area contributed by atoms with Crippen LogP contribution in [0.3, 0.4) is 0 Å². The van der Waals surface area contributed by atoms with E-state index in [-0.39, 0.29) is 18.6 Å². The van der Waals surface area contributed by atoms with Crippen LogP contribution in [-0.4, -0.2) is 19.4 Å². The van der Waals surface area contributed by atoms with Gasteiger partial charge in [0, 0.05) is 22.6 Å². The number of halogens is 1. The summed E-state index contributed by atoms with van der Waals surface area (Å²) in [7, 11) is 0. The molecule has 0 spiro atoms. The maximum absolute atomic E-state index is 12.6. The van der Waals surface area contributed by atoms with E-state index in [1.807, 2.05) is 6.92 Å². The minimum Gasteiger partial charge on any atom is -0.324 e. The topological polar surface area (TPSA) is 86.0 Å². The summed E-state index contributed by atoms with van der Waals surface area (Å²) in [4.78, 5) is 37.3. The maximum Gasteiger partial charge on any atom is 0.332 e. The predicted octanol–water partition coefficient (Wildman–Crippen LogP) is 2.32.